The predicted molar refractivity (Wildman–Crippen MR) is 102 cm³/mol. The molecule has 0 aliphatic carbocycles. The predicted octanol–water partition coefficient (Wildman–Crippen LogP) is 4.32. The van der Waals surface area contributed by atoms with Crippen molar-refractivity contribution < 1.29 is 9.53 Å². The third-order valence-electron chi connectivity index (χ3n) is 3.78. The number of benzene rings is 2. The van der Waals surface area contributed by atoms with E-state index in [-0.39, 0.29) is 5.91 Å². The summed E-state index contributed by atoms with van der Waals surface area (Å²) in [6.45, 7) is 2.21. The summed E-state index contributed by atoms with van der Waals surface area (Å²) < 4.78 is 8.62. The Morgan fingerprint density at radius 1 is 1.12 bits per heavy atom. The molecule has 5 heteroatoms. The van der Waals surface area contributed by atoms with Gasteiger partial charge in [0.1, 0.15) is 5.75 Å². The van der Waals surface area contributed by atoms with E-state index in [1.807, 2.05) is 77.6 Å². The van der Waals surface area contributed by atoms with Crippen LogP contribution >= 0.6 is 15.9 Å². The van der Waals surface area contributed by atoms with Crippen molar-refractivity contribution in [3.05, 3.63) is 83.1 Å². The van der Waals surface area contributed by atoms with E-state index in [1.165, 1.54) is 0 Å². The van der Waals surface area contributed by atoms with Gasteiger partial charge >= 0.3 is 0 Å². The molecule has 25 heavy (non-hydrogen) atoms. The van der Waals surface area contributed by atoms with Crippen LogP contribution in [0, 0.1) is 0 Å². The van der Waals surface area contributed by atoms with E-state index < -0.39 is 6.10 Å². The minimum Gasteiger partial charge on any atom is -0.481 e. The fourth-order valence-electron chi connectivity index (χ4n) is 2.42. The number of nitrogens with zero attached hydrogens (tertiary/aromatic N) is 1. The first-order valence-corrected chi connectivity index (χ1v) is 8.83. The van der Waals surface area contributed by atoms with Gasteiger partial charge in [-0.15, -0.1) is 0 Å². The zero-order valence-corrected chi connectivity index (χ0v) is 15.4. The Balaban J connectivity index is 1.53. The standard InChI is InChI=1S/C20H19BrN2O2/c1-15(25-19-6-4-5-17(21)13-19)20(24)22-14-16-7-9-18(10-8-16)23-11-2-3-12-23/h2-13,15H,14H2,1H3,(H,22,24). The lowest BCUT2D eigenvalue weighted by atomic mass is 10.2. The highest BCUT2D eigenvalue weighted by Crippen LogP contribution is 2.19. The molecule has 1 atom stereocenters. The Morgan fingerprint density at radius 2 is 1.84 bits per heavy atom. The van der Waals surface area contributed by atoms with Crippen LogP contribution in [0.15, 0.2) is 77.5 Å². The van der Waals surface area contributed by atoms with E-state index in [9.17, 15) is 4.79 Å². The molecule has 0 spiro atoms. The van der Waals surface area contributed by atoms with E-state index in [1.54, 1.807) is 6.92 Å². The van der Waals surface area contributed by atoms with Crippen molar-refractivity contribution in [1.29, 1.82) is 0 Å². The second-order valence-corrected chi connectivity index (χ2v) is 6.61. The highest BCUT2D eigenvalue weighted by molar-refractivity contribution is 9.10. The lowest BCUT2D eigenvalue weighted by Gasteiger charge is -2.15. The third-order valence-corrected chi connectivity index (χ3v) is 4.28. The smallest absolute Gasteiger partial charge is 0.261 e. The topological polar surface area (TPSA) is 43.3 Å². The fourth-order valence-corrected chi connectivity index (χ4v) is 2.80. The Labute approximate surface area is 155 Å². The Kier molecular flexibility index (Phi) is 5.56. The fraction of sp³-hybridized carbons (Fsp3) is 0.150. The van der Waals surface area contributed by atoms with Crippen molar-refractivity contribution in [1.82, 2.24) is 9.88 Å². The van der Waals surface area contributed by atoms with Gasteiger partial charge in [-0.25, -0.2) is 0 Å². The molecule has 4 nitrogen and oxygen atoms in total. The number of amides is 1. The minimum atomic E-state index is -0.562. The van der Waals surface area contributed by atoms with Gasteiger partial charge in [0.2, 0.25) is 0 Å². The van der Waals surface area contributed by atoms with Crippen molar-refractivity contribution >= 4 is 21.8 Å². The SMILES string of the molecule is CC(Oc1cccc(Br)c1)C(=O)NCc1ccc(-n2cccc2)cc1. The molecule has 1 heterocycles. The Bertz CT molecular complexity index is 829. The molecule has 0 fully saturated rings. The first-order valence-electron chi connectivity index (χ1n) is 8.04. The number of halogens is 1. The largest absolute Gasteiger partial charge is 0.481 e. The molecule has 0 saturated heterocycles. The molecular formula is C20H19BrN2O2. The van der Waals surface area contributed by atoms with Crippen molar-refractivity contribution in [3.8, 4) is 11.4 Å². The molecule has 1 aromatic heterocycles. The number of aromatic nitrogens is 1. The van der Waals surface area contributed by atoms with Gasteiger partial charge in [0.15, 0.2) is 6.10 Å². The third kappa shape index (κ3) is 4.73. The van der Waals surface area contributed by atoms with E-state index in [0.717, 1.165) is 15.7 Å². The van der Waals surface area contributed by atoms with Crippen LogP contribution in [0.1, 0.15) is 12.5 Å². The van der Waals surface area contributed by atoms with Gasteiger partial charge in [0.25, 0.3) is 5.91 Å². The van der Waals surface area contributed by atoms with Crippen molar-refractivity contribution in [2.45, 2.75) is 19.6 Å². The van der Waals surface area contributed by atoms with Crippen LogP contribution in [0.5, 0.6) is 5.75 Å². The summed E-state index contributed by atoms with van der Waals surface area (Å²) in [5.41, 5.74) is 2.13. The zero-order valence-electron chi connectivity index (χ0n) is 13.9. The van der Waals surface area contributed by atoms with Crippen LogP contribution < -0.4 is 10.1 Å². The molecule has 128 valence electrons. The van der Waals surface area contributed by atoms with E-state index in [4.69, 9.17) is 4.74 Å². The lowest BCUT2D eigenvalue weighted by Crippen LogP contribution is -2.35. The molecule has 3 aromatic rings. The molecule has 1 N–H and O–H groups in total. The van der Waals surface area contributed by atoms with Crippen LogP contribution in [-0.2, 0) is 11.3 Å². The molecule has 0 bridgehead atoms. The molecule has 3 rings (SSSR count). The Hall–Kier alpha value is -2.53. The average Bonchev–Trinajstić information content (AvgIpc) is 3.14. The molecule has 0 saturated carbocycles. The van der Waals surface area contributed by atoms with Crippen LogP contribution in [0.25, 0.3) is 5.69 Å². The van der Waals surface area contributed by atoms with E-state index in [0.29, 0.717) is 12.3 Å². The number of rotatable bonds is 6. The first-order chi connectivity index (χ1) is 12.1. The van der Waals surface area contributed by atoms with Gasteiger partial charge in [0.05, 0.1) is 0 Å². The Morgan fingerprint density at radius 3 is 2.52 bits per heavy atom. The van der Waals surface area contributed by atoms with Gasteiger partial charge in [0, 0.05) is 29.1 Å². The number of carbonyl (C=O) groups excluding carboxylic acids is 1. The highest BCUT2D eigenvalue weighted by atomic mass is 79.9. The molecule has 0 aliphatic rings. The number of hydrogen-bond acceptors (Lipinski definition) is 2. The second-order valence-electron chi connectivity index (χ2n) is 5.69. The van der Waals surface area contributed by atoms with Gasteiger partial charge in [-0.3, -0.25) is 4.79 Å². The molecule has 1 amide bonds. The van der Waals surface area contributed by atoms with Crippen molar-refractivity contribution in [2.75, 3.05) is 0 Å². The summed E-state index contributed by atoms with van der Waals surface area (Å²) in [5.74, 6) is 0.516. The molecule has 0 radical (unpaired) electrons. The maximum absolute atomic E-state index is 12.2. The minimum absolute atomic E-state index is 0.144. The lowest BCUT2D eigenvalue weighted by molar-refractivity contribution is -0.127. The van der Waals surface area contributed by atoms with Crippen molar-refractivity contribution in [3.63, 3.8) is 0 Å². The van der Waals surface area contributed by atoms with Crippen LogP contribution in [0.3, 0.4) is 0 Å². The quantitative estimate of drug-likeness (QED) is 0.671. The normalized spacial score (nSPS) is 11.8. The highest BCUT2D eigenvalue weighted by Gasteiger charge is 2.14. The van der Waals surface area contributed by atoms with Crippen LogP contribution in [0.2, 0.25) is 0 Å². The molecule has 1 unspecified atom stereocenters. The number of nitrogens with one attached hydrogen (secondary N) is 1. The second kappa shape index (κ2) is 8.03. The van der Waals surface area contributed by atoms with Crippen LogP contribution in [-0.4, -0.2) is 16.6 Å². The summed E-state index contributed by atoms with van der Waals surface area (Å²) in [6, 6.07) is 19.5. The maximum atomic E-state index is 12.2. The van der Waals surface area contributed by atoms with E-state index in [2.05, 4.69) is 21.2 Å². The van der Waals surface area contributed by atoms with Crippen LogP contribution in [0.4, 0.5) is 0 Å². The molecule has 2 aromatic carbocycles. The number of carbonyl (C=O) groups is 1. The number of ether oxygens (including phenoxy) is 1. The zero-order chi connectivity index (χ0) is 17.6. The summed E-state index contributed by atoms with van der Waals surface area (Å²) >= 11 is 3.39. The summed E-state index contributed by atoms with van der Waals surface area (Å²) in [4.78, 5) is 12.2. The van der Waals surface area contributed by atoms with Gasteiger partial charge < -0.3 is 14.6 Å². The van der Waals surface area contributed by atoms with E-state index >= 15 is 0 Å². The number of hydrogen-bond donors (Lipinski definition) is 1. The monoisotopic (exact) mass is 398 g/mol. The molecular weight excluding hydrogens is 380 g/mol. The molecule has 0 aliphatic heterocycles. The van der Waals surface area contributed by atoms with Crippen molar-refractivity contribution in [2.24, 2.45) is 0 Å². The summed E-state index contributed by atoms with van der Waals surface area (Å²) in [5, 5.41) is 2.91. The summed E-state index contributed by atoms with van der Waals surface area (Å²) in [6.07, 6.45) is 3.43. The first kappa shape index (κ1) is 17.3. The maximum Gasteiger partial charge on any atom is 0.261 e. The van der Waals surface area contributed by atoms with Gasteiger partial charge in [-0.2, -0.15) is 0 Å². The van der Waals surface area contributed by atoms with Gasteiger partial charge in [-0.05, 0) is 55.0 Å². The summed E-state index contributed by atoms with van der Waals surface area (Å²) in [7, 11) is 0. The van der Waals surface area contributed by atoms with Gasteiger partial charge in [-0.1, -0.05) is 34.1 Å². The average molecular weight is 399 g/mol.